The average molecular weight is 521 g/mol. The predicted octanol–water partition coefficient (Wildman–Crippen LogP) is 10.0. The van der Waals surface area contributed by atoms with E-state index in [9.17, 15) is 0 Å². The quantitative estimate of drug-likeness (QED) is 0.204. The molecule has 1 aliphatic rings. The highest BCUT2D eigenvalue weighted by molar-refractivity contribution is 6.61. The van der Waals surface area contributed by atoms with Crippen LogP contribution < -0.4 is 0 Å². The maximum absolute atomic E-state index is 5.52. The van der Waals surface area contributed by atoms with Crippen LogP contribution in [0.1, 0.15) is 61.1 Å². The van der Waals surface area contributed by atoms with Gasteiger partial charge in [-0.05, 0) is 64.5 Å². The van der Waals surface area contributed by atoms with E-state index in [1.54, 1.807) is 0 Å². The second-order valence-corrected chi connectivity index (χ2v) is 10.4. The van der Waals surface area contributed by atoms with Gasteiger partial charge in [0.15, 0.2) is 0 Å². The van der Waals surface area contributed by atoms with Crippen LogP contribution in [0.2, 0.25) is 0 Å². The molecule has 0 spiro atoms. The summed E-state index contributed by atoms with van der Waals surface area (Å²) >= 11 is 0. The maximum atomic E-state index is 5.52. The van der Waals surface area contributed by atoms with Gasteiger partial charge in [-0.1, -0.05) is 125 Å². The third kappa shape index (κ3) is 4.38. The molecule has 0 aliphatic heterocycles. The van der Waals surface area contributed by atoms with Gasteiger partial charge in [-0.2, -0.15) is 0 Å². The number of benzene rings is 5. The van der Waals surface area contributed by atoms with Gasteiger partial charge in [0.25, 0.3) is 0 Å². The van der Waals surface area contributed by atoms with Crippen molar-refractivity contribution in [1.82, 2.24) is 0 Å². The lowest BCUT2D eigenvalue weighted by molar-refractivity contribution is 1.08. The largest absolute Gasteiger partial charge is 0.246 e. The summed E-state index contributed by atoms with van der Waals surface area (Å²) in [4.78, 5) is 11.0. The van der Waals surface area contributed by atoms with E-state index in [1.165, 1.54) is 55.3 Å². The summed E-state index contributed by atoms with van der Waals surface area (Å²) in [7, 11) is 0. The van der Waals surface area contributed by atoms with Crippen molar-refractivity contribution in [3.63, 3.8) is 0 Å². The molecule has 5 aromatic carbocycles. The first-order valence-corrected chi connectivity index (χ1v) is 14.7. The van der Waals surface area contributed by atoms with Crippen molar-refractivity contribution in [3.05, 3.63) is 130 Å². The molecule has 5 aromatic rings. The molecule has 2 heteroatoms. The van der Waals surface area contributed by atoms with Crippen molar-refractivity contribution in [1.29, 1.82) is 0 Å². The monoisotopic (exact) mass is 520 g/mol. The van der Waals surface area contributed by atoms with E-state index < -0.39 is 0 Å². The fraction of sp³-hybridized carbons (Fsp3) is 0.211. The first kappa shape index (κ1) is 26.0. The molecule has 0 heterocycles. The molecule has 0 saturated carbocycles. The van der Waals surface area contributed by atoms with Crippen LogP contribution in [-0.2, 0) is 25.7 Å². The van der Waals surface area contributed by atoms with E-state index in [-0.39, 0.29) is 0 Å². The Hall–Kier alpha value is -4.30. The topological polar surface area (TPSA) is 24.7 Å². The first-order valence-electron chi connectivity index (χ1n) is 14.7. The van der Waals surface area contributed by atoms with Gasteiger partial charge in [0.05, 0.1) is 22.8 Å². The summed E-state index contributed by atoms with van der Waals surface area (Å²) in [6.45, 7) is 8.87. The van der Waals surface area contributed by atoms with Gasteiger partial charge in [-0.25, -0.2) is 9.98 Å². The number of hydrogen-bond donors (Lipinski definition) is 0. The van der Waals surface area contributed by atoms with Crippen LogP contribution in [0.5, 0.6) is 0 Å². The molecule has 1 aliphatic carbocycles. The van der Waals surface area contributed by atoms with Gasteiger partial charge >= 0.3 is 0 Å². The maximum Gasteiger partial charge on any atom is 0.0979 e. The predicted molar refractivity (Wildman–Crippen MR) is 172 cm³/mol. The highest BCUT2D eigenvalue weighted by Gasteiger charge is 2.29. The summed E-state index contributed by atoms with van der Waals surface area (Å²) in [6.07, 6.45) is 3.78. The highest BCUT2D eigenvalue weighted by Crippen LogP contribution is 2.40. The normalized spacial score (nSPS) is 14.5. The van der Waals surface area contributed by atoms with Crippen LogP contribution in [0, 0.1) is 0 Å². The van der Waals surface area contributed by atoms with Crippen LogP contribution in [-0.4, -0.2) is 11.4 Å². The Morgan fingerprint density at radius 1 is 0.425 bits per heavy atom. The van der Waals surface area contributed by atoms with Crippen molar-refractivity contribution in [2.75, 3.05) is 0 Å². The Morgan fingerprint density at radius 3 is 1.38 bits per heavy atom. The van der Waals surface area contributed by atoms with Crippen molar-refractivity contribution in [2.24, 2.45) is 9.98 Å². The summed E-state index contributed by atoms with van der Waals surface area (Å²) in [5, 5.41) is 2.50. The van der Waals surface area contributed by atoms with E-state index in [4.69, 9.17) is 9.98 Å². The molecule has 0 N–H and O–H groups in total. The van der Waals surface area contributed by atoms with Gasteiger partial charge in [-0.3, -0.25) is 0 Å². The van der Waals surface area contributed by atoms with E-state index in [0.717, 1.165) is 48.5 Å². The summed E-state index contributed by atoms with van der Waals surface area (Å²) in [5.74, 6) is 0. The zero-order valence-corrected chi connectivity index (χ0v) is 24.0. The molecule has 0 aromatic heterocycles. The first-order chi connectivity index (χ1) is 19.7. The molecule has 0 unspecified atom stereocenters. The zero-order chi connectivity index (χ0) is 27.6. The zero-order valence-electron chi connectivity index (χ0n) is 24.0. The summed E-state index contributed by atoms with van der Waals surface area (Å²) in [6, 6.07) is 35.1. The van der Waals surface area contributed by atoms with Crippen LogP contribution >= 0.6 is 0 Å². The van der Waals surface area contributed by atoms with E-state index >= 15 is 0 Å². The highest BCUT2D eigenvalue weighted by atomic mass is 14.8. The number of aryl methyl sites for hydroxylation is 4. The third-order valence-corrected chi connectivity index (χ3v) is 8.24. The third-order valence-electron chi connectivity index (χ3n) is 8.24. The van der Waals surface area contributed by atoms with Crippen LogP contribution in [0.15, 0.2) is 107 Å². The fourth-order valence-electron chi connectivity index (χ4n) is 6.09. The molecule has 2 nitrogen and oxygen atoms in total. The SMILES string of the molecule is CCc1cccc(CC)c1N=C1C(=Nc2c(CC)cccc2CC)c2ccc(-c3ccccc3)c3cccc1c23. The molecular formula is C38H36N2. The Bertz CT molecular complexity index is 1650. The van der Waals surface area contributed by atoms with Gasteiger partial charge in [-0.15, -0.1) is 0 Å². The molecule has 0 bridgehead atoms. The van der Waals surface area contributed by atoms with E-state index in [0.29, 0.717) is 0 Å². The van der Waals surface area contributed by atoms with Crippen molar-refractivity contribution < 1.29 is 0 Å². The molecule has 6 rings (SSSR count). The molecule has 198 valence electrons. The van der Waals surface area contributed by atoms with E-state index in [2.05, 4.69) is 125 Å². The Balaban J connectivity index is 1.70. The minimum absolute atomic E-state index is 0.945. The second-order valence-electron chi connectivity index (χ2n) is 10.4. The van der Waals surface area contributed by atoms with E-state index in [1.807, 2.05) is 0 Å². The lowest BCUT2D eigenvalue weighted by Crippen LogP contribution is -2.11. The minimum Gasteiger partial charge on any atom is -0.246 e. The molecule has 40 heavy (non-hydrogen) atoms. The van der Waals surface area contributed by atoms with Gasteiger partial charge in [0.1, 0.15) is 0 Å². The lowest BCUT2D eigenvalue weighted by atomic mass is 9.95. The van der Waals surface area contributed by atoms with Crippen LogP contribution in [0.3, 0.4) is 0 Å². The molecular weight excluding hydrogens is 484 g/mol. The molecule has 0 amide bonds. The number of aliphatic imine (C=N–C) groups is 2. The Kier molecular flexibility index (Phi) is 7.17. The van der Waals surface area contributed by atoms with Crippen molar-refractivity contribution in [2.45, 2.75) is 53.4 Å². The van der Waals surface area contributed by atoms with Crippen molar-refractivity contribution in [3.8, 4) is 11.1 Å². The average Bonchev–Trinajstić information content (AvgIpc) is 3.31. The molecule has 0 atom stereocenters. The van der Waals surface area contributed by atoms with Crippen molar-refractivity contribution >= 4 is 33.6 Å². The van der Waals surface area contributed by atoms with Gasteiger partial charge in [0.2, 0.25) is 0 Å². The smallest absolute Gasteiger partial charge is 0.0979 e. The number of rotatable bonds is 7. The standard InChI is InChI=1S/C38H36N2/c1-5-25-17-12-18-26(6-2)35(25)39-37-32-22-14-21-31-30(29-15-10-9-11-16-29)23-24-33(34(31)32)38(37)40-36-27(7-3)19-13-20-28(36)8-4/h9-24H,5-8H2,1-4H3. The van der Waals surface area contributed by atoms with Gasteiger partial charge < -0.3 is 0 Å². The number of nitrogens with zero attached hydrogens (tertiary/aromatic N) is 2. The second kappa shape index (κ2) is 11.1. The number of para-hydroxylation sites is 2. The Morgan fingerprint density at radius 2 is 0.875 bits per heavy atom. The Labute approximate surface area is 238 Å². The summed E-state index contributed by atoms with van der Waals surface area (Å²) < 4.78 is 0. The minimum atomic E-state index is 0.945. The van der Waals surface area contributed by atoms with Gasteiger partial charge in [0, 0.05) is 16.5 Å². The van der Waals surface area contributed by atoms with Crippen LogP contribution in [0.4, 0.5) is 11.4 Å². The molecule has 0 fully saturated rings. The lowest BCUT2D eigenvalue weighted by Gasteiger charge is -2.13. The molecule has 0 radical (unpaired) electrons. The number of hydrogen-bond acceptors (Lipinski definition) is 2. The van der Waals surface area contributed by atoms with Crippen LogP contribution in [0.25, 0.3) is 21.9 Å². The molecule has 0 saturated heterocycles. The fourth-order valence-corrected chi connectivity index (χ4v) is 6.09. The summed E-state index contributed by atoms with van der Waals surface area (Å²) in [5.41, 5.74) is 14.1.